The highest BCUT2D eigenvalue weighted by Crippen LogP contribution is 2.24. The van der Waals surface area contributed by atoms with Gasteiger partial charge in [0.2, 0.25) is 12.3 Å². The minimum atomic E-state index is -2.97. The fourth-order valence-electron chi connectivity index (χ4n) is 3.28. The van der Waals surface area contributed by atoms with Gasteiger partial charge in [-0.3, -0.25) is 4.90 Å². The molecular weight excluding hydrogens is 448 g/mol. The third-order valence-electron chi connectivity index (χ3n) is 5.20. The molecule has 0 amide bonds. The molecule has 0 fully saturated rings. The summed E-state index contributed by atoms with van der Waals surface area (Å²) in [6, 6.07) is 15.4. The van der Waals surface area contributed by atoms with Gasteiger partial charge in [0.1, 0.15) is 17.6 Å². The average molecular weight is 480 g/mol. The van der Waals surface area contributed by atoms with Crippen molar-refractivity contribution in [3.05, 3.63) is 59.7 Å². The van der Waals surface area contributed by atoms with Crippen molar-refractivity contribution < 1.29 is 37.7 Å². The van der Waals surface area contributed by atoms with Crippen molar-refractivity contribution in [1.29, 1.82) is 0 Å². The quantitative estimate of drug-likeness (QED) is 0.345. The largest absolute Gasteiger partial charge is 0.497 e. The van der Waals surface area contributed by atoms with E-state index in [4.69, 9.17) is 19.3 Å². The maximum absolute atomic E-state index is 13.7. The van der Waals surface area contributed by atoms with Crippen LogP contribution in [-0.4, -0.2) is 67.8 Å². The molecule has 0 aliphatic rings. The van der Waals surface area contributed by atoms with Crippen LogP contribution < -0.4 is 9.47 Å². The molecule has 0 aliphatic carbocycles. The number of halogens is 2. The molecule has 0 radical (unpaired) electrons. The summed E-state index contributed by atoms with van der Waals surface area (Å²) in [7, 11) is 5.17. The first-order chi connectivity index (χ1) is 16.1. The monoisotopic (exact) mass is 479 g/mol. The molecule has 0 aromatic heterocycles. The smallest absolute Gasteiger partial charge is 0.344 e. The van der Waals surface area contributed by atoms with Gasteiger partial charge >= 0.3 is 11.9 Å². The van der Waals surface area contributed by atoms with E-state index in [1.54, 1.807) is 26.1 Å². The van der Waals surface area contributed by atoms with Gasteiger partial charge in [-0.2, -0.15) is 0 Å². The molecule has 0 saturated carbocycles. The lowest BCUT2D eigenvalue weighted by molar-refractivity contribution is -0.164. The molecule has 7 nitrogen and oxygen atoms in total. The number of methoxy groups -OCH3 is 1. The number of aliphatic carboxylic acids is 1. The van der Waals surface area contributed by atoms with E-state index < -0.39 is 36.6 Å². The molecule has 9 heteroatoms. The molecule has 0 spiro atoms. The first-order valence-corrected chi connectivity index (χ1v) is 10.9. The highest BCUT2D eigenvalue weighted by Gasteiger charge is 2.36. The van der Waals surface area contributed by atoms with Crippen LogP contribution >= 0.6 is 0 Å². The molecule has 3 unspecified atom stereocenters. The Morgan fingerprint density at radius 3 is 2.38 bits per heavy atom. The van der Waals surface area contributed by atoms with Crippen molar-refractivity contribution in [2.75, 3.05) is 21.2 Å². The van der Waals surface area contributed by atoms with Gasteiger partial charge in [0, 0.05) is 6.42 Å². The first-order valence-electron chi connectivity index (χ1n) is 10.9. The van der Waals surface area contributed by atoms with Gasteiger partial charge in [0.25, 0.3) is 0 Å². The van der Waals surface area contributed by atoms with Crippen LogP contribution in [0.5, 0.6) is 11.5 Å². The minimum Gasteiger partial charge on any atom is -0.497 e. The number of esters is 1. The van der Waals surface area contributed by atoms with Gasteiger partial charge in [-0.1, -0.05) is 30.3 Å². The topological polar surface area (TPSA) is 85.3 Å². The molecule has 0 saturated heterocycles. The van der Waals surface area contributed by atoms with Crippen LogP contribution in [0.3, 0.4) is 0 Å². The number of para-hydroxylation sites is 1. The third kappa shape index (κ3) is 7.98. The standard InChI is InChI=1S/C25H31F2NO6/c1-16(33-25(31)23(27)22(26)24(29)30)14-21(28(2)3)34-20-11-6-5-9-18(20)13-12-17-8-7-10-19(15-17)32-4/h5-11,15-16,21-23H,12-14H2,1-4H3,(H,29,30)/t16?,21-,22?,23?/m0/s1. The van der Waals surface area contributed by atoms with E-state index in [9.17, 15) is 18.4 Å². The van der Waals surface area contributed by atoms with Crippen LogP contribution in [0.25, 0.3) is 0 Å². The lowest BCUT2D eigenvalue weighted by atomic mass is 10.0. The van der Waals surface area contributed by atoms with Gasteiger partial charge in [0.15, 0.2) is 6.23 Å². The number of carboxylic acids is 1. The molecule has 2 aromatic carbocycles. The molecule has 2 rings (SSSR count). The lowest BCUT2D eigenvalue weighted by Crippen LogP contribution is -2.40. The zero-order chi connectivity index (χ0) is 25.3. The highest BCUT2D eigenvalue weighted by molar-refractivity contribution is 5.84. The molecule has 186 valence electrons. The summed E-state index contributed by atoms with van der Waals surface area (Å²) in [5.74, 6) is -2.17. The fraction of sp³-hybridized carbons (Fsp3) is 0.440. The van der Waals surface area contributed by atoms with Crippen LogP contribution in [0.4, 0.5) is 8.78 Å². The Labute approximate surface area is 198 Å². The molecule has 0 bridgehead atoms. The number of carbonyl (C=O) groups is 2. The second-order valence-electron chi connectivity index (χ2n) is 8.12. The number of rotatable bonds is 13. The summed E-state index contributed by atoms with van der Waals surface area (Å²) >= 11 is 0. The lowest BCUT2D eigenvalue weighted by Gasteiger charge is -2.29. The second kappa shape index (κ2) is 12.9. The van der Waals surface area contributed by atoms with E-state index in [1.807, 2.05) is 48.5 Å². The first kappa shape index (κ1) is 27.0. The van der Waals surface area contributed by atoms with Crippen molar-refractivity contribution in [1.82, 2.24) is 4.90 Å². The number of hydrogen-bond acceptors (Lipinski definition) is 6. The Hall–Kier alpha value is -3.20. The summed E-state index contributed by atoms with van der Waals surface area (Å²) in [6.07, 6.45) is -5.62. The fourth-order valence-corrected chi connectivity index (χ4v) is 3.28. The van der Waals surface area contributed by atoms with E-state index >= 15 is 0 Å². The summed E-state index contributed by atoms with van der Waals surface area (Å²) in [4.78, 5) is 24.1. The average Bonchev–Trinajstić information content (AvgIpc) is 2.81. The maximum Gasteiger partial charge on any atom is 0.344 e. The van der Waals surface area contributed by atoms with Crippen LogP contribution in [0.15, 0.2) is 48.5 Å². The van der Waals surface area contributed by atoms with Crippen molar-refractivity contribution in [3.8, 4) is 11.5 Å². The van der Waals surface area contributed by atoms with E-state index in [2.05, 4.69) is 0 Å². The van der Waals surface area contributed by atoms with Crippen molar-refractivity contribution in [2.45, 2.75) is 50.9 Å². The molecule has 0 heterocycles. The van der Waals surface area contributed by atoms with Gasteiger partial charge in [-0.25, -0.2) is 18.4 Å². The van der Waals surface area contributed by atoms with E-state index in [0.29, 0.717) is 12.2 Å². The van der Waals surface area contributed by atoms with Crippen molar-refractivity contribution >= 4 is 11.9 Å². The Kier molecular flexibility index (Phi) is 10.2. The number of carboxylic acid groups (broad SMARTS) is 1. The number of aryl methyl sites for hydroxylation is 2. The Balaban J connectivity index is 2.03. The Morgan fingerprint density at radius 2 is 1.74 bits per heavy atom. The number of carbonyl (C=O) groups excluding carboxylic acids is 1. The van der Waals surface area contributed by atoms with E-state index in [0.717, 1.165) is 23.3 Å². The number of ether oxygens (including phenoxy) is 3. The van der Waals surface area contributed by atoms with Gasteiger partial charge in [-0.05, 0) is 63.2 Å². The predicted molar refractivity (Wildman–Crippen MR) is 123 cm³/mol. The Morgan fingerprint density at radius 1 is 1.03 bits per heavy atom. The summed E-state index contributed by atoms with van der Waals surface area (Å²) in [5.41, 5.74) is 2.10. The van der Waals surface area contributed by atoms with Crippen molar-refractivity contribution in [2.24, 2.45) is 0 Å². The van der Waals surface area contributed by atoms with Crippen LogP contribution in [-0.2, 0) is 27.2 Å². The van der Waals surface area contributed by atoms with Gasteiger partial charge < -0.3 is 19.3 Å². The molecule has 1 N–H and O–H groups in total. The molecule has 2 aromatic rings. The minimum absolute atomic E-state index is 0.152. The van der Waals surface area contributed by atoms with Crippen LogP contribution in [0, 0.1) is 0 Å². The zero-order valence-electron chi connectivity index (χ0n) is 19.7. The van der Waals surface area contributed by atoms with Crippen LogP contribution in [0.1, 0.15) is 24.5 Å². The Bertz CT molecular complexity index is 955. The number of alkyl halides is 2. The summed E-state index contributed by atoms with van der Waals surface area (Å²) in [6.45, 7) is 1.51. The van der Waals surface area contributed by atoms with Gasteiger partial charge in [-0.15, -0.1) is 0 Å². The summed E-state index contributed by atoms with van der Waals surface area (Å²) in [5, 5.41) is 8.53. The van der Waals surface area contributed by atoms with E-state index in [-0.39, 0.29) is 6.42 Å². The van der Waals surface area contributed by atoms with Crippen molar-refractivity contribution in [3.63, 3.8) is 0 Å². The highest BCUT2D eigenvalue weighted by atomic mass is 19.2. The molecular formula is C25H31F2NO6. The maximum atomic E-state index is 13.7. The molecule has 0 aliphatic heterocycles. The number of hydrogen-bond donors (Lipinski definition) is 1. The van der Waals surface area contributed by atoms with Gasteiger partial charge in [0.05, 0.1) is 7.11 Å². The third-order valence-corrected chi connectivity index (χ3v) is 5.20. The SMILES string of the molecule is COc1cccc(CCc2ccccc2O[C@@H](CC(C)OC(=O)C(F)C(F)C(=O)O)N(C)C)c1. The number of nitrogens with zero attached hydrogens (tertiary/aromatic N) is 1. The summed E-state index contributed by atoms with van der Waals surface area (Å²) < 4.78 is 43.3. The van der Waals surface area contributed by atoms with E-state index in [1.165, 1.54) is 6.92 Å². The molecule has 4 atom stereocenters. The molecule has 34 heavy (non-hydrogen) atoms. The second-order valence-corrected chi connectivity index (χ2v) is 8.12. The van der Waals surface area contributed by atoms with Crippen LogP contribution in [0.2, 0.25) is 0 Å². The number of benzene rings is 2. The normalized spacial score (nSPS) is 14.7. The zero-order valence-corrected chi connectivity index (χ0v) is 19.7. The predicted octanol–water partition coefficient (Wildman–Crippen LogP) is 3.83.